The number of rotatable bonds is 8. The Morgan fingerprint density at radius 2 is 1.95 bits per heavy atom. The van der Waals surface area contributed by atoms with Gasteiger partial charge in [0, 0.05) is 6.54 Å². The Kier molecular flexibility index (Phi) is 6.52. The molecular weight excluding hydrogens is 262 g/mol. The average Bonchev–Trinajstić information content (AvgIpc) is 2.44. The monoisotopic (exact) mass is 281 g/mol. The third-order valence-electron chi connectivity index (χ3n) is 2.56. The largest absolute Gasteiger partial charge is 0.492 e. The Morgan fingerprint density at radius 3 is 2.50 bits per heavy atom. The minimum absolute atomic E-state index is 0.214. The van der Waals surface area contributed by atoms with E-state index < -0.39 is 5.97 Å². The first kappa shape index (κ1) is 16.0. The van der Waals surface area contributed by atoms with E-state index in [1.807, 2.05) is 0 Å². The number of ether oxygens (including phenoxy) is 2. The zero-order valence-electron chi connectivity index (χ0n) is 11.6. The first-order valence-corrected chi connectivity index (χ1v) is 6.40. The number of carbonyl (C=O) groups excluding carboxylic acids is 1. The van der Waals surface area contributed by atoms with Crippen LogP contribution in [0.15, 0.2) is 24.3 Å². The van der Waals surface area contributed by atoms with Gasteiger partial charge in [0.1, 0.15) is 18.4 Å². The van der Waals surface area contributed by atoms with E-state index in [1.54, 1.807) is 26.0 Å². The van der Waals surface area contributed by atoms with Gasteiger partial charge in [-0.15, -0.1) is 0 Å². The van der Waals surface area contributed by atoms with Crippen molar-refractivity contribution in [3.63, 3.8) is 0 Å². The molecule has 2 N–H and O–H groups in total. The molecule has 0 heterocycles. The molecule has 0 aromatic heterocycles. The molecule has 0 aliphatic heterocycles. The fraction of sp³-hybridized carbons (Fsp3) is 0.429. The van der Waals surface area contributed by atoms with Gasteiger partial charge in [0.05, 0.1) is 12.2 Å². The van der Waals surface area contributed by atoms with E-state index in [0.717, 1.165) is 0 Å². The second-order valence-electron chi connectivity index (χ2n) is 4.11. The van der Waals surface area contributed by atoms with Crippen LogP contribution >= 0.6 is 0 Å². The maximum atomic E-state index is 11.3. The fourth-order valence-corrected chi connectivity index (χ4v) is 1.49. The number of hydrogen-bond donors (Lipinski definition) is 2. The molecule has 1 atom stereocenters. The predicted octanol–water partition coefficient (Wildman–Crippen LogP) is 1.30. The topological polar surface area (TPSA) is 84.9 Å². The quantitative estimate of drug-likeness (QED) is 0.552. The van der Waals surface area contributed by atoms with Gasteiger partial charge in [-0.25, -0.2) is 4.79 Å². The third kappa shape index (κ3) is 5.27. The van der Waals surface area contributed by atoms with Crippen LogP contribution in [0, 0.1) is 0 Å². The summed E-state index contributed by atoms with van der Waals surface area (Å²) in [5.74, 6) is -0.680. The number of nitrogens with one attached hydrogen (secondary N) is 1. The molecule has 1 rings (SSSR count). The van der Waals surface area contributed by atoms with E-state index in [2.05, 4.69) is 5.32 Å². The van der Waals surface area contributed by atoms with Gasteiger partial charge in [0.25, 0.3) is 0 Å². The summed E-state index contributed by atoms with van der Waals surface area (Å²) in [6.07, 6.45) is 0. The molecule has 0 spiro atoms. The Hall–Kier alpha value is -2.08. The summed E-state index contributed by atoms with van der Waals surface area (Å²) in [4.78, 5) is 22.0. The van der Waals surface area contributed by atoms with Crippen LogP contribution in [0.2, 0.25) is 0 Å². The average molecular weight is 281 g/mol. The molecule has 1 aromatic carbocycles. The number of carbonyl (C=O) groups is 2. The van der Waals surface area contributed by atoms with E-state index in [1.165, 1.54) is 12.1 Å². The molecule has 0 saturated carbocycles. The molecule has 0 aliphatic carbocycles. The van der Waals surface area contributed by atoms with Crippen molar-refractivity contribution in [2.75, 3.05) is 19.8 Å². The Bertz CT molecular complexity index is 443. The van der Waals surface area contributed by atoms with Gasteiger partial charge in [-0.05, 0) is 38.1 Å². The van der Waals surface area contributed by atoms with Crippen LogP contribution in [0.3, 0.4) is 0 Å². The SMILES string of the molecule is CCOC(=O)C(C)NCCOc1ccc(C(=O)O)cc1. The van der Waals surface area contributed by atoms with E-state index in [9.17, 15) is 9.59 Å². The van der Waals surface area contributed by atoms with Crippen LogP contribution in [-0.2, 0) is 9.53 Å². The molecule has 1 aromatic rings. The summed E-state index contributed by atoms with van der Waals surface area (Å²) in [7, 11) is 0. The number of benzene rings is 1. The molecule has 0 fully saturated rings. The molecule has 0 aliphatic rings. The zero-order valence-corrected chi connectivity index (χ0v) is 11.6. The highest BCUT2D eigenvalue weighted by Crippen LogP contribution is 2.11. The molecule has 20 heavy (non-hydrogen) atoms. The first-order valence-electron chi connectivity index (χ1n) is 6.40. The van der Waals surface area contributed by atoms with Crippen LogP contribution in [0.25, 0.3) is 0 Å². The van der Waals surface area contributed by atoms with E-state index in [0.29, 0.717) is 25.5 Å². The highest BCUT2D eigenvalue weighted by Gasteiger charge is 2.12. The summed E-state index contributed by atoms with van der Waals surface area (Å²) in [6, 6.07) is 5.77. The Morgan fingerprint density at radius 1 is 1.30 bits per heavy atom. The predicted molar refractivity (Wildman–Crippen MR) is 73.0 cm³/mol. The van der Waals surface area contributed by atoms with Crippen molar-refractivity contribution in [3.05, 3.63) is 29.8 Å². The van der Waals surface area contributed by atoms with Gasteiger partial charge in [0.15, 0.2) is 0 Å². The lowest BCUT2D eigenvalue weighted by Crippen LogP contribution is -2.37. The summed E-state index contributed by atoms with van der Waals surface area (Å²) < 4.78 is 10.3. The zero-order chi connectivity index (χ0) is 15.0. The van der Waals surface area contributed by atoms with Crippen LogP contribution in [0.5, 0.6) is 5.75 Å². The number of carboxylic acids is 1. The standard InChI is InChI=1S/C14H19NO5/c1-3-19-14(18)10(2)15-8-9-20-12-6-4-11(5-7-12)13(16)17/h4-7,10,15H,3,8-9H2,1-2H3,(H,16,17). The second-order valence-corrected chi connectivity index (χ2v) is 4.11. The maximum absolute atomic E-state index is 11.3. The molecule has 1 unspecified atom stereocenters. The summed E-state index contributed by atoms with van der Waals surface area (Å²) in [6.45, 7) is 4.70. The van der Waals surface area contributed by atoms with Crippen molar-refractivity contribution in [1.29, 1.82) is 0 Å². The van der Waals surface area contributed by atoms with Crippen LogP contribution in [-0.4, -0.2) is 42.8 Å². The number of aromatic carboxylic acids is 1. The highest BCUT2D eigenvalue weighted by molar-refractivity contribution is 5.87. The van der Waals surface area contributed by atoms with Crippen LogP contribution in [0.4, 0.5) is 0 Å². The molecule has 0 bridgehead atoms. The van der Waals surface area contributed by atoms with Gasteiger partial charge in [-0.2, -0.15) is 0 Å². The lowest BCUT2D eigenvalue weighted by Gasteiger charge is -2.13. The highest BCUT2D eigenvalue weighted by atomic mass is 16.5. The van der Waals surface area contributed by atoms with Crippen molar-refractivity contribution >= 4 is 11.9 Å². The first-order chi connectivity index (χ1) is 9.54. The van der Waals surface area contributed by atoms with Crippen molar-refractivity contribution in [2.45, 2.75) is 19.9 Å². The maximum Gasteiger partial charge on any atom is 0.335 e. The minimum Gasteiger partial charge on any atom is -0.492 e. The van der Waals surface area contributed by atoms with Crippen molar-refractivity contribution in [2.24, 2.45) is 0 Å². The molecule has 0 saturated heterocycles. The molecule has 0 radical (unpaired) electrons. The molecular formula is C14H19NO5. The molecule has 6 heteroatoms. The smallest absolute Gasteiger partial charge is 0.335 e. The number of carboxylic acid groups (broad SMARTS) is 1. The lowest BCUT2D eigenvalue weighted by molar-refractivity contribution is -0.145. The van der Waals surface area contributed by atoms with E-state index in [-0.39, 0.29) is 17.6 Å². The van der Waals surface area contributed by atoms with Crippen molar-refractivity contribution in [3.8, 4) is 5.75 Å². The molecule has 6 nitrogen and oxygen atoms in total. The van der Waals surface area contributed by atoms with E-state index in [4.69, 9.17) is 14.6 Å². The Balaban J connectivity index is 2.27. The summed E-state index contributed by atoms with van der Waals surface area (Å²) in [5.41, 5.74) is 0.214. The van der Waals surface area contributed by atoms with Crippen LogP contribution in [0.1, 0.15) is 24.2 Å². The van der Waals surface area contributed by atoms with Gasteiger partial charge < -0.3 is 19.9 Å². The van der Waals surface area contributed by atoms with Gasteiger partial charge in [0.2, 0.25) is 0 Å². The minimum atomic E-state index is -0.971. The third-order valence-corrected chi connectivity index (χ3v) is 2.56. The second kappa shape index (κ2) is 8.16. The van der Waals surface area contributed by atoms with Crippen LogP contribution < -0.4 is 10.1 Å². The summed E-state index contributed by atoms with van der Waals surface area (Å²) in [5, 5.41) is 11.7. The fourth-order valence-electron chi connectivity index (χ4n) is 1.49. The normalized spacial score (nSPS) is 11.7. The van der Waals surface area contributed by atoms with Gasteiger partial charge in [-0.3, -0.25) is 4.79 Å². The molecule has 110 valence electrons. The van der Waals surface area contributed by atoms with E-state index >= 15 is 0 Å². The number of esters is 1. The molecule has 0 amide bonds. The number of hydrogen-bond acceptors (Lipinski definition) is 5. The summed E-state index contributed by atoms with van der Waals surface area (Å²) >= 11 is 0. The van der Waals surface area contributed by atoms with Gasteiger partial charge >= 0.3 is 11.9 Å². The van der Waals surface area contributed by atoms with Crippen molar-refractivity contribution < 1.29 is 24.2 Å². The lowest BCUT2D eigenvalue weighted by atomic mass is 10.2. The van der Waals surface area contributed by atoms with Crippen molar-refractivity contribution in [1.82, 2.24) is 5.32 Å². The van der Waals surface area contributed by atoms with Gasteiger partial charge in [-0.1, -0.05) is 0 Å². The Labute approximate surface area is 117 Å².